The zero-order valence-electron chi connectivity index (χ0n) is 8.23. The number of ether oxygens (including phenoxy) is 2. The molecule has 1 unspecified atom stereocenters. The Bertz CT molecular complexity index is 262. The molecule has 0 spiro atoms. The molecule has 5 nitrogen and oxygen atoms in total. The van der Waals surface area contributed by atoms with Crippen LogP contribution in [-0.4, -0.2) is 37.2 Å². The fraction of sp³-hybridized carbons (Fsp3) is 0.556. The highest BCUT2D eigenvalue weighted by Gasteiger charge is 2.31. The molecule has 0 saturated heterocycles. The summed E-state index contributed by atoms with van der Waals surface area (Å²) >= 11 is 0. The van der Waals surface area contributed by atoms with E-state index in [9.17, 15) is 9.59 Å². The monoisotopic (exact) mass is 199 g/mol. The van der Waals surface area contributed by atoms with Crippen LogP contribution in [0.5, 0.6) is 0 Å². The quantitative estimate of drug-likeness (QED) is 0.589. The summed E-state index contributed by atoms with van der Waals surface area (Å²) in [5, 5.41) is 0. The third-order valence-corrected chi connectivity index (χ3v) is 2.07. The summed E-state index contributed by atoms with van der Waals surface area (Å²) in [6.07, 6.45) is 4.15. The number of amides is 1. The highest BCUT2D eigenvalue weighted by molar-refractivity contribution is 5.82. The van der Waals surface area contributed by atoms with Crippen molar-refractivity contribution in [1.82, 2.24) is 4.90 Å². The largest absolute Gasteiger partial charge is 0.467 e. The SMILES string of the molecule is COC(=O)C1CCC=CN1C(=O)OC. The van der Waals surface area contributed by atoms with Crippen LogP contribution in [0.3, 0.4) is 0 Å². The van der Waals surface area contributed by atoms with Crippen LogP contribution in [0.15, 0.2) is 12.3 Å². The Hall–Kier alpha value is -1.52. The van der Waals surface area contributed by atoms with Gasteiger partial charge in [-0.3, -0.25) is 4.90 Å². The summed E-state index contributed by atoms with van der Waals surface area (Å²) in [4.78, 5) is 23.8. The maximum atomic E-state index is 11.3. The fourth-order valence-electron chi connectivity index (χ4n) is 1.35. The molecule has 78 valence electrons. The zero-order valence-corrected chi connectivity index (χ0v) is 8.23. The number of methoxy groups -OCH3 is 2. The van der Waals surface area contributed by atoms with Crippen molar-refractivity contribution in [2.45, 2.75) is 18.9 Å². The van der Waals surface area contributed by atoms with Gasteiger partial charge in [0, 0.05) is 6.20 Å². The van der Waals surface area contributed by atoms with Gasteiger partial charge >= 0.3 is 12.1 Å². The maximum absolute atomic E-state index is 11.3. The van der Waals surface area contributed by atoms with Crippen molar-refractivity contribution in [3.8, 4) is 0 Å². The molecule has 0 bridgehead atoms. The average Bonchev–Trinajstić information content (AvgIpc) is 2.27. The summed E-state index contributed by atoms with van der Waals surface area (Å²) in [6.45, 7) is 0. The highest BCUT2D eigenvalue weighted by Crippen LogP contribution is 2.16. The minimum absolute atomic E-state index is 0.417. The van der Waals surface area contributed by atoms with Gasteiger partial charge in [0.2, 0.25) is 0 Å². The molecule has 0 aromatic carbocycles. The molecule has 0 N–H and O–H groups in total. The van der Waals surface area contributed by atoms with Crippen LogP contribution in [0, 0.1) is 0 Å². The number of hydrogen-bond acceptors (Lipinski definition) is 4. The van der Waals surface area contributed by atoms with E-state index in [0.717, 1.165) is 6.42 Å². The van der Waals surface area contributed by atoms with E-state index in [4.69, 9.17) is 0 Å². The molecular weight excluding hydrogens is 186 g/mol. The van der Waals surface area contributed by atoms with Crippen LogP contribution in [-0.2, 0) is 14.3 Å². The van der Waals surface area contributed by atoms with E-state index in [1.54, 1.807) is 6.20 Å². The van der Waals surface area contributed by atoms with Crippen LogP contribution in [0.25, 0.3) is 0 Å². The first-order chi connectivity index (χ1) is 6.70. The van der Waals surface area contributed by atoms with Gasteiger partial charge in [0.05, 0.1) is 14.2 Å². The second-order valence-electron chi connectivity index (χ2n) is 2.88. The Morgan fingerprint density at radius 3 is 2.64 bits per heavy atom. The third-order valence-electron chi connectivity index (χ3n) is 2.07. The van der Waals surface area contributed by atoms with E-state index >= 15 is 0 Å². The molecule has 1 aliphatic heterocycles. The molecule has 1 aliphatic rings. The molecule has 5 heteroatoms. The lowest BCUT2D eigenvalue weighted by Crippen LogP contribution is -2.43. The zero-order chi connectivity index (χ0) is 10.6. The standard InChI is InChI=1S/C9H13NO4/c1-13-8(11)7-5-3-4-6-10(7)9(12)14-2/h4,6-7H,3,5H2,1-2H3. The smallest absolute Gasteiger partial charge is 0.414 e. The summed E-state index contributed by atoms with van der Waals surface area (Å²) in [5.74, 6) is -0.417. The highest BCUT2D eigenvalue weighted by atomic mass is 16.5. The van der Waals surface area contributed by atoms with Crippen molar-refractivity contribution in [1.29, 1.82) is 0 Å². The lowest BCUT2D eigenvalue weighted by molar-refractivity contribution is -0.145. The summed E-state index contributed by atoms with van der Waals surface area (Å²) in [6, 6.07) is -0.558. The van der Waals surface area contributed by atoms with Crippen molar-refractivity contribution in [2.24, 2.45) is 0 Å². The summed E-state index contributed by atoms with van der Waals surface area (Å²) in [5.41, 5.74) is 0. The summed E-state index contributed by atoms with van der Waals surface area (Å²) in [7, 11) is 2.58. The molecule has 0 fully saturated rings. The first-order valence-corrected chi connectivity index (χ1v) is 4.31. The molecule has 1 heterocycles. The van der Waals surface area contributed by atoms with E-state index in [0.29, 0.717) is 6.42 Å². The number of nitrogens with zero attached hydrogens (tertiary/aromatic N) is 1. The molecule has 14 heavy (non-hydrogen) atoms. The molecular formula is C9H13NO4. The number of rotatable bonds is 1. The van der Waals surface area contributed by atoms with Crippen LogP contribution < -0.4 is 0 Å². The molecule has 1 atom stereocenters. The minimum Gasteiger partial charge on any atom is -0.467 e. The van der Waals surface area contributed by atoms with E-state index in [1.165, 1.54) is 19.1 Å². The Morgan fingerprint density at radius 2 is 2.07 bits per heavy atom. The van der Waals surface area contributed by atoms with E-state index in [2.05, 4.69) is 9.47 Å². The molecule has 0 radical (unpaired) electrons. The van der Waals surface area contributed by atoms with Crippen LogP contribution in [0.4, 0.5) is 4.79 Å². The lowest BCUT2D eigenvalue weighted by Gasteiger charge is -2.27. The van der Waals surface area contributed by atoms with Crippen LogP contribution in [0.2, 0.25) is 0 Å². The van der Waals surface area contributed by atoms with Crippen molar-refractivity contribution < 1.29 is 19.1 Å². The van der Waals surface area contributed by atoms with Gasteiger partial charge in [0.25, 0.3) is 0 Å². The third kappa shape index (κ3) is 2.04. The molecule has 0 aromatic heterocycles. The molecule has 1 rings (SSSR count). The average molecular weight is 199 g/mol. The van der Waals surface area contributed by atoms with Gasteiger partial charge in [0.15, 0.2) is 0 Å². The number of esters is 1. The fourth-order valence-corrected chi connectivity index (χ4v) is 1.35. The lowest BCUT2D eigenvalue weighted by atomic mass is 10.1. The van der Waals surface area contributed by atoms with Gasteiger partial charge in [-0.25, -0.2) is 9.59 Å². The normalized spacial score (nSPS) is 20.4. The van der Waals surface area contributed by atoms with Gasteiger partial charge in [0.1, 0.15) is 6.04 Å². The second kappa shape index (κ2) is 4.64. The first-order valence-electron chi connectivity index (χ1n) is 4.31. The predicted molar refractivity (Wildman–Crippen MR) is 48.4 cm³/mol. The molecule has 0 aliphatic carbocycles. The van der Waals surface area contributed by atoms with Gasteiger partial charge in [-0.05, 0) is 12.8 Å². The van der Waals surface area contributed by atoms with Gasteiger partial charge in [-0.2, -0.15) is 0 Å². The van der Waals surface area contributed by atoms with Gasteiger partial charge in [-0.15, -0.1) is 0 Å². The van der Waals surface area contributed by atoms with Crippen LogP contribution in [0.1, 0.15) is 12.8 Å². The van der Waals surface area contributed by atoms with E-state index in [1.807, 2.05) is 6.08 Å². The Morgan fingerprint density at radius 1 is 1.36 bits per heavy atom. The minimum atomic E-state index is -0.558. The molecule has 1 amide bonds. The van der Waals surface area contributed by atoms with E-state index in [-0.39, 0.29) is 0 Å². The summed E-state index contributed by atoms with van der Waals surface area (Å²) < 4.78 is 9.13. The van der Waals surface area contributed by atoms with Crippen molar-refractivity contribution in [3.05, 3.63) is 12.3 Å². The van der Waals surface area contributed by atoms with E-state index < -0.39 is 18.1 Å². The number of allylic oxidation sites excluding steroid dienone is 1. The Kier molecular flexibility index (Phi) is 3.50. The van der Waals surface area contributed by atoms with Gasteiger partial charge in [-0.1, -0.05) is 6.08 Å². The van der Waals surface area contributed by atoms with Gasteiger partial charge < -0.3 is 9.47 Å². The molecule has 0 saturated carbocycles. The number of carbonyl (C=O) groups excluding carboxylic acids is 2. The first kappa shape index (κ1) is 10.6. The molecule has 0 aromatic rings. The van der Waals surface area contributed by atoms with Crippen molar-refractivity contribution >= 4 is 12.1 Å². The Balaban J connectivity index is 2.77. The predicted octanol–water partition coefficient (Wildman–Crippen LogP) is 0.904. The maximum Gasteiger partial charge on any atom is 0.414 e. The topological polar surface area (TPSA) is 55.8 Å². The van der Waals surface area contributed by atoms with Crippen molar-refractivity contribution in [2.75, 3.05) is 14.2 Å². The van der Waals surface area contributed by atoms with Crippen molar-refractivity contribution in [3.63, 3.8) is 0 Å². The Labute approximate surface area is 82.3 Å². The number of carbonyl (C=O) groups is 2. The number of hydrogen-bond donors (Lipinski definition) is 0. The second-order valence-corrected chi connectivity index (χ2v) is 2.88. The van der Waals surface area contributed by atoms with Crippen LogP contribution >= 0.6 is 0 Å².